The Bertz CT molecular complexity index is 999. The van der Waals surface area contributed by atoms with Crippen molar-refractivity contribution < 1.29 is 19.3 Å². The summed E-state index contributed by atoms with van der Waals surface area (Å²) in [6.45, 7) is 8.72. The van der Waals surface area contributed by atoms with E-state index in [-0.39, 0.29) is 13.2 Å². The summed E-state index contributed by atoms with van der Waals surface area (Å²) in [6.07, 6.45) is 3.59. The molecule has 0 saturated heterocycles. The van der Waals surface area contributed by atoms with Crippen LogP contribution in [-0.4, -0.2) is 39.9 Å². The molecule has 0 saturated carbocycles. The number of rotatable bonds is 12. The lowest BCUT2D eigenvalue weighted by atomic mass is 10.0. The fraction of sp³-hybridized carbons (Fsp3) is 0.360. The Morgan fingerprint density at radius 2 is 1.88 bits per heavy atom. The van der Waals surface area contributed by atoms with Gasteiger partial charge in [0.2, 0.25) is 0 Å². The number of nitrogens with zero attached hydrogens (tertiary/aromatic N) is 3. The number of aliphatic hydroxyl groups is 1. The largest absolute Gasteiger partial charge is 0.493 e. The van der Waals surface area contributed by atoms with E-state index in [1.165, 1.54) is 5.56 Å². The van der Waals surface area contributed by atoms with Gasteiger partial charge in [-0.05, 0) is 47.7 Å². The molecule has 7 heteroatoms. The monoisotopic (exact) mass is 437 g/mol. The van der Waals surface area contributed by atoms with Gasteiger partial charge in [-0.2, -0.15) is 0 Å². The summed E-state index contributed by atoms with van der Waals surface area (Å²) in [6, 6.07) is 13.7. The molecule has 0 fully saturated rings. The maximum absolute atomic E-state index is 10.4. The third kappa shape index (κ3) is 6.59. The van der Waals surface area contributed by atoms with Gasteiger partial charge < -0.3 is 19.3 Å². The fourth-order valence-electron chi connectivity index (χ4n) is 3.18. The van der Waals surface area contributed by atoms with Crippen LogP contribution in [0.2, 0.25) is 0 Å². The van der Waals surface area contributed by atoms with E-state index in [2.05, 4.69) is 42.9 Å². The zero-order valence-electron chi connectivity index (χ0n) is 18.9. The minimum atomic E-state index is -0.758. The number of ether oxygens (including phenoxy) is 3. The molecule has 1 unspecified atom stereocenters. The molecule has 3 rings (SSSR count). The van der Waals surface area contributed by atoms with Crippen molar-refractivity contribution in [3.63, 3.8) is 0 Å². The van der Waals surface area contributed by atoms with Gasteiger partial charge in [0.25, 0.3) is 0 Å². The van der Waals surface area contributed by atoms with Crippen LogP contribution >= 0.6 is 0 Å². The zero-order valence-corrected chi connectivity index (χ0v) is 18.9. The third-order valence-electron chi connectivity index (χ3n) is 4.96. The highest BCUT2D eigenvalue weighted by atomic mass is 16.5. The van der Waals surface area contributed by atoms with Crippen molar-refractivity contribution in [3.8, 4) is 17.2 Å². The topological polar surface area (TPSA) is 78.6 Å². The highest BCUT2D eigenvalue weighted by molar-refractivity contribution is 5.43. The maximum atomic E-state index is 10.4. The summed E-state index contributed by atoms with van der Waals surface area (Å²) < 4.78 is 18.5. The molecule has 0 bridgehead atoms. The lowest BCUT2D eigenvalue weighted by Crippen LogP contribution is -2.24. The van der Waals surface area contributed by atoms with Crippen molar-refractivity contribution in [2.45, 2.75) is 45.4 Å². The second kappa shape index (κ2) is 11.3. The molecular formula is C25H31N3O4. The first-order chi connectivity index (χ1) is 15.5. The molecule has 1 atom stereocenters. The van der Waals surface area contributed by atoms with E-state index in [1.807, 2.05) is 36.4 Å². The van der Waals surface area contributed by atoms with Crippen molar-refractivity contribution >= 4 is 0 Å². The lowest BCUT2D eigenvalue weighted by molar-refractivity contribution is 0.0874. The molecule has 1 heterocycles. The van der Waals surface area contributed by atoms with E-state index in [1.54, 1.807) is 18.0 Å². The molecule has 3 aromatic rings. The number of hydrogen-bond acceptors (Lipinski definition) is 6. The molecule has 0 aliphatic rings. The van der Waals surface area contributed by atoms with Gasteiger partial charge in [-0.3, -0.25) is 0 Å². The number of aromatic nitrogens is 3. The molecule has 0 radical (unpaired) electrons. The van der Waals surface area contributed by atoms with Crippen molar-refractivity contribution in [2.24, 2.45) is 0 Å². The van der Waals surface area contributed by atoms with Crippen LogP contribution in [0.15, 0.2) is 61.3 Å². The van der Waals surface area contributed by atoms with Gasteiger partial charge in [0.15, 0.2) is 11.5 Å². The Hall–Kier alpha value is -3.32. The normalized spacial score (nSPS) is 11.9. The van der Waals surface area contributed by atoms with E-state index in [9.17, 15) is 5.11 Å². The Labute approximate surface area is 189 Å². The van der Waals surface area contributed by atoms with Crippen LogP contribution in [0.25, 0.3) is 0 Å². The van der Waals surface area contributed by atoms with Crippen LogP contribution < -0.4 is 14.2 Å². The Morgan fingerprint density at radius 3 is 2.56 bits per heavy atom. The average molecular weight is 438 g/mol. The predicted octanol–water partition coefficient (Wildman–Crippen LogP) is 4.16. The van der Waals surface area contributed by atoms with Gasteiger partial charge in [-0.15, -0.1) is 11.7 Å². The van der Waals surface area contributed by atoms with E-state index in [4.69, 9.17) is 14.2 Å². The summed E-state index contributed by atoms with van der Waals surface area (Å²) in [5.41, 5.74) is 3.04. The van der Waals surface area contributed by atoms with E-state index in [0.29, 0.717) is 29.7 Å². The number of aliphatic hydroxyl groups excluding tert-OH is 1. The molecule has 0 aliphatic carbocycles. The minimum Gasteiger partial charge on any atom is -0.493 e. The minimum absolute atomic E-state index is 0.102. The van der Waals surface area contributed by atoms with Crippen molar-refractivity contribution in [1.82, 2.24) is 15.0 Å². The van der Waals surface area contributed by atoms with Crippen LogP contribution in [0.4, 0.5) is 0 Å². The van der Waals surface area contributed by atoms with Gasteiger partial charge >= 0.3 is 0 Å². The first-order valence-electron chi connectivity index (χ1n) is 10.7. The SMILES string of the molecule is C=CCc1ccc(OCC(O)Cn2cc(COc3ccc(C(C)C)cc3)nn2)c(OC)c1. The number of hydrogen-bond donors (Lipinski definition) is 1. The second-order valence-electron chi connectivity index (χ2n) is 7.89. The Morgan fingerprint density at radius 1 is 1.09 bits per heavy atom. The molecule has 7 nitrogen and oxygen atoms in total. The molecule has 2 aromatic carbocycles. The highest BCUT2D eigenvalue weighted by Gasteiger charge is 2.12. The van der Waals surface area contributed by atoms with E-state index >= 15 is 0 Å². The first-order valence-corrected chi connectivity index (χ1v) is 10.7. The molecule has 170 valence electrons. The molecule has 1 aromatic heterocycles. The highest BCUT2D eigenvalue weighted by Crippen LogP contribution is 2.28. The quantitative estimate of drug-likeness (QED) is 0.429. The lowest BCUT2D eigenvalue weighted by Gasteiger charge is -2.15. The second-order valence-corrected chi connectivity index (χ2v) is 7.89. The predicted molar refractivity (Wildman–Crippen MR) is 123 cm³/mol. The van der Waals surface area contributed by atoms with Crippen molar-refractivity contribution in [2.75, 3.05) is 13.7 Å². The molecule has 1 N–H and O–H groups in total. The molecule has 32 heavy (non-hydrogen) atoms. The van der Waals surface area contributed by atoms with Crippen molar-refractivity contribution in [1.29, 1.82) is 0 Å². The summed E-state index contributed by atoms with van der Waals surface area (Å²) >= 11 is 0. The maximum Gasteiger partial charge on any atom is 0.161 e. The number of allylic oxidation sites excluding steroid dienone is 1. The summed E-state index contributed by atoms with van der Waals surface area (Å²) in [4.78, 5) is 0. The molecule has 0 aliphatic heterocycles. The Balaban J connectivity index is 1.48. The smallest absolute Gasteiger partial charge is 0.161 e. The fourth-order valence-corrected chi connectivity index (χ4v) is 3.18. The first kappa shape index (κ1) is 23.3. The van der Waals surface area contributed by atoms with Crippen LogP contribution in [0.5, 0.6) is 17.2 Å². The third-order valence-corrected chi connectivity index (χ3v) is 4.96. The molecule has 0 spiro atoms. The standard InChI is InChI=1S/C25H31N3O4/c1-5-6-19-7-12-24(25(13-19)30-4)32-17-22(29)15-28-14-21(26-27-28)16-31-23-10-8-20(9-11-23)18(2)3/h5,7-14,18,22,29H,1,6,15-17H2,2-4H3. The van der Waals surface area contributed by atoms with E-state index < -0.39 is 6.10 Å². The molecule has 0 amide bonds. The summed E-state index contributed by atoms with van der Waals surface area (Å²) in [5.74, 6) is 2.47. The van der Waals surface area contributed by atoms with Gasteiger partial charge in [0.05, 0.1) is 19.9 Å². The van der Waals surface area contributed by atoms with Gasteiger partial charge in [-0.1, -0.05) is 43.3 Å². The zero-order chi connectivity index (χ0) is 22.9. The van der Waals surface area contributed by atoms with Gasteiger partial charge in [-0.25, -0.2) is 4.68 Å². The molecular weight excluding hydrogens is 406 g/mol. The Kier molecular flexibility index (Phi) is 8.27. The number of methoxy groups -OCH3 is 1. The summed E-state index contributed by atoms with van der Waals surface area (Å²) in [5, 5.41) is 18.5. The van der Waals surface area contributed by atoms with Crippen LogP contribution in [0, 0.1) is 0 Å². The van der Waals surface area contributed by atoms with Crippen LogP contribution in [-0.2, 0) is 19.6 Å². The average Bonchev–Trinajstić information content (AvgIpc) is 3.24. The van der Waals surface area contributed by atoms with E-state index in [0.717, 1.165) is 17.7 Å². The van der Waals surface area contributed by atoms with Crippen LogP contribution in [0.1, 0.15) is 36.6 Å². The van der Waals surface area contributed by atoms with Gasteiger partial charge in [0, 0.05) is 0 Å². The van der Waals surface area contributed by atoms with Crippen molar-refractivity contribution in [3.05, 3.63) is 78.1 Å². The number of benzene rings is 2. The van der Waals surface area contributed by atoms with Crippen LogP contribution in [0.3, 0.4) is 0 Å². The van der Waals surface area contributed by atoms with Gasteiger partial charge in [0.1, 0.15) is 30.8 Å². The summed E-state index contributed by atoms with van der Waals surface area (Å²) in [7, 11) is 1.59.